The molecule has 0 aliphatic heterocycles. The Bertz CT molecular complexity index is 197. The average Bonchev–Trinajstić information content (AvgIpc) is 1.98. The zero-order chi connectivity index (χ0) is 11.4. The van der Waals surface area contributed by atoms with E-state index in [1.165, 1.54) is 13.8 Å². The molecule has 2 N–H and O–H groups in total. The molecule has 14 heavy (non-hydrogen) atoms. The van der Waals surface area contributed by atoms with Crippen LogP contribution in [0.2, 0.25) is 0 Å². The van der Waals surface area contributed by atoms with Crippen molar-refractivity contribution < 1.29 is 14.3 Å². The molecule has 0 heterocycles. The Balaban J connectivity index is 4.00. The summed E-state index contributed by atoms with van der Waals surface area (Å²) in [4.78, 5) is 11.2. The van der Waals surface area contributed by atoms with Gasteiger partial charge in [0.05, 0.1) is 0 Å². The van der Waals surface area contributed by atoms with Crippen molar-refractivity contribution in [3.05, 3.63) is 0 Å². The van der Waals surface area contributed by atoms with Crippen molar-refractivity contribution in [1.29, 1.82) is 0 Å². The van der Waals surface area contributed by atoms with Crippen LogP contribution in [0, 0.1) is 5.41 Å². The van der Waals surface area contributed by atoms with Crippen LogP contribution in [0.15, 0.2) is 0 Å². The van der Waals surface area contributed by atoms with Crippen LogP contribution < -0.4 is 5.32 Å². The second-order valence-corrected chi connectivity index (χ2v) is 4.79. The van der Waals surface area contributed by atoms with Gasteiger partial charge in [0.15, 0.2) is 5.67 Å². The molecule has 0 bridgehead atoms. The number of rotatable bonds is 5. The molecular weight excluding hydrogens is 185 g/mol. The number of carbonyl (C=O) groups is 1. The second-order valence-electron chi connectivity index (χ2n) is 4.79. The van der Waals surface area contributed by atoms with Crippen LogP contribution in [0.3, 0.4) is 0 Å². The lowest BCUT2D eigenvalue weighted by atomic mass is 9.89. The van der Waals surface area contributed by atoms with Crippen LogP contribution in [0.4, 0.5) is 4.39 Å². The van der Waals surface area contributed by atoms with E-state index in [-0.39, 0.29) is 12.0 Å². The van der Waals surface area contributed by atoms with E-state index in [1.54, 1.807) is 0 Å². The van der Waals surface area contributed by atoms with Gasteiger partial charge in [-0.2, -0.15) is 0 Å². The first-order valence-corrected chi connectivity index (χ1v) is 4.77. The molecule has 84 valence electrons. The molecule has 0 aromatic heterocycles. The maximum absolute atomic E-state index is 13.1. The van der Waals surface area contributed by atoms with E-state index < -0.39 is 11.6 Å². The number of amides is 1. The minimum Gasteiger partial charge on any atom is -0.396 e. The van der Waals surface area contributed by atoms with Crippen LogP contribution in [0.1, 0.15) is 34.1 Å². The van der Waals surface area contributed by atoms with Gasteiger partial charge in [0.25, 0.3) is 5.91 Å². The first kappa shape index (κ1) is 13.4. The van der Waals surface area contributed by atoms with Crippen LogP contribution in [-0.2, 0) is 4.79 Å². The molecule has 0 rings (SSSR count). The standard InChI is InChI=1S/C10H20FNO2/c1-9(2,5-6-13)7-12-8(14)10(3,4)11/h13H,5-7H2,1-4H3,(H,12,14). The highest BCUT2D eigenvalue weighted by molar-refractivity contribution is 5.84. The number of nitrogens with one attached hydrogen (secondary N) is 1. The third-order valence-electron chi connectivity index (χ3n) is 2.06. The zero-order valence-corrected chi connectivity index (χ0v) is 9.35. The number of aliphatic hydroxyl groups is 1. The zero-order valence-electron chi connectivity index (χ0n) is 9.35. The monoisotopic (exact) mass is 205 g/mol. The van der Waals surface area contributed by atoms with Crippen LogP contribution in [0.5, 0.6) is 0 Å². The molecule has 0 aromatic rings. The van der Waals surface area contributed by atoms with Gasteiger partial charge in [-0.3, -0.25) is 4.79 Å². The SMILES string of the molecule is CC(C)(CCO)CNC(=O)C(C)(C)F. The number of aliphatic hydroxyl groups excluding tert-OH is 1. The Labute approximate surface area is 84.7 Å². The smallest absolute Gasteiger partial charge is 0.257 e. The van der Waals surface area contributed by atoms with Gasteiger partial charge >= 0.3 is 0 Å². The normalized spacial score (nSPS) is 12.7. The number of carbonyl (C=O) groups excluding carboxylic acids is 1. The molecule has 1 amide bonds. The number of alkyl halides is 1. The maximum atomic E-state index is 13.1. The van der Waals surface area contributed by atoms with Gasteiger partial charge in [-0.25, -0.2) is 4.39 Å². The van der Waals surface area contributed by atoms with Gasteiger partial charge in [0, 0.05) is 13.2 Å². The predicted molar refractivity (Wildman–Crippen MR) is 53.7 cm³/mol. The number of hydrogen-bond donors (Lipinski definition) is 2. The summed E-state index contributed by atoms with van der Waals surface area (Å²) in [6, 6.07) is 0. The van der Waals surface area contributed by atoms with E-state index in [2.05, 4.69) is 5.32 Å². The first-order chi connectivity index (χ1) is 6.19. The van der Waals surface area contributed by atoms with Crippen LogP contribution in [0.25, 0.3) is 0 Å². The Hall–Kier alpha value is -0.640. The van der Waals surface area contributed by atoms with Gasteiger partial charge in [0.1, 0.15) is 0 Å². The molecule has 0 unspecified atom stereocenters. The van der Waals surface area contributed by atoms with Gasteiger partial charge < -0.3 is 10.4 Å². The van der Waals surface area contributed by atoms with E-state index in [9.17, 15) is 9.18 Å². The van der Waals surface area contributed by atoms with Crippen LogP contribution in [-0.4, -0.2) is 29.8 Å². The molecule has 0 aliphatic rings. The Morgan fingerprint density at radius 3 is 2.21 bits per heavy atom. The molecule has 4 heteroatoms. The lowest BCUT2D eigenvalue weighted by molar-refractivity contribution is -0.131. The molecular formula is C10H20FNO2. The molecule has 0 spiro atoms. The van der Waals surface area contributed by atoms with E-state index >= 15 is 0 Å². The summed E-state index contributed by atoms with van der Waals surface area (Å²) in [5.41, 5.74) is -2.04. The van der Waals surface area contributed by atoms with Gasteiger partial charge in [0.2, 0.25) is 0 Å². The van der Waals surface area contributed by atoms with E-state index in [0.29, 0.717) is 13.0 Å². The molecule has 0 aliphatic carbocycles. The minimum absolute atomic E-state index is 0.0713. The Kier molecular flexibility index (Phi) is 4.52. The lowest BCUT2D eigenvalue weighted by Crippen LogP contribution is -2.43. The average molecular weight is 205 g/mol. The van der Waals surface area contributed by atoms with Crippen LogP contribution >= 0.6 is 0 Å². The Morgan fingerprint density at radius 2 is 1.86 bits per heavy atom. The largest absolute Gasteiger partial charge is 0.396 e. The van der Waals surface area contributed by atoms with Crippen molar-refractivity contribution in [2.45, 2.75) is 39.8 Å². The maximum Gasteiger partial charge on any atom is 0.257 e. The highest BCUT2D eigenvalue weighted by Gasteiger charge is 2.28. The van der Waals surface area contributed by atoms with Crippen molar-refractivity contribution >= 4 is 5.91 Å². The first-order valence-electron chi connectivity index (χ1n) is 4.77. The fourth-order valence-electron chi connectivity index (χ4n) is 0.921. The third-order valence-corrected chi connectivity index (χ3v) is 2.06. The molecule has 0 saturated carbocycles. The highest BCUT2D eigenvalue weighted by Crippen LogP contribution is 2.18. The summed E-state index contributed by atoms with van der Waals surface area (Å²) in [6.07, 6.45) is 0.583. The second kappa shape index (κ2) is 4.73. The van der Waals surface area contributed by atoms with Gasteiger partial charge in [-0.15, -0.1) is 0 Å². The van der Waals surface area contributed by atoms with Crippen molar-refractivity contribution in [2.24, 2.45) is 5.41 Å². The van der Waals surface area contributed by atoms with Crippen molar-refractivity contribution in [3.8, 4) is 0 Å². The van der Waals surface area contributed by atoms with Gasteiger partial charge in [-0.05, 0) is 25.7 Å². The van der Waals surface area contributed by atoms with E-state index in [4.69, 9.17) is 5.11 Å². The summed E-state index contributed by atoms with van der Waals surface area (Å²) >= 11 is 0. The van der Waals surface area contributed by atoms with E-state index in [1.807, 2.05) is 13.8 Å². The van der Waals surface area contributed by atoms with Gasteiger partial charge in [-0.1, -0.05) is 13.8 Å². The molecule has 3 nitrogen and oxygen atoms in total. The molecule has 0 aromatic carbocycles. The fourth-order valence-corrected chi connectivity index (χ4v) is 0.921. The van der Waals surface area contributed by atoms with E-state index in [0.717, 1.165) is 0 Å². The summed E-state index contributed by atoms with van der Waals surface area (Å²) in [7, 11) is 0. The molecule has 0 fully saturated rings. The highest BCUT2D eigenvalue weighted by atomic mass is 19.1. The summed E-state index contributed by atoms with van der Waals surface area (Å²) in [5.74, 6) is -0.608. The van der Waals surface area contributed by atoms with Crippen molar-refractivity contribution in [2.75, 3.05) is 13.2 Å². The number of hydrogen-bond acceptors (Lipinski definition) is 2. The topological polar surface area (TPSA) is 49.3 Å². The molecule has 0 saturated heterocycles. The quantitative estimate of drug-likeness (QED) is 0.710. The molecule has 0 atom stereocenters. The molecule has 0 radical (unpaired) electrons. The predicted octanol–water partition coefficient (Wildman–Crippen LogP) is 1.26. The van der Waals surface area contributed by atoms with Crippen molar-refractivity contribution in [3.63, 3.8) is 0 Å². The number of halogens is 1. The summed E-state index contributed by atoms with van der Waals surface area (Å²) in [5, 5.41) is 11.3. The minimum atomic E-state index is -1.84. The summed E-state index contributed by atoms with van der Waals surface area (Å²) < 4.78 is 13.1. The fraction of sp³-hybridized carbons (Fsp3) is 0.900. The Morgan fingerprint density at radius 1 is 1.36 bits per heavy atom. The third kappa shape index (κ3) is 5.17. The van der Waals surface area contributed by atoms with Crippen molar-refractivity contribution in [1.82, 2.24) is 5.32 Å². The summed E-state index contributed by atoms with van der Waals surface area (Å²) in [6.45, 7) is 6.72. The lowest BCUT2D eigenvalue weighted by Gasteiger charge is -2.25.